The van der Waals surface area contributed by atoms with Gasteiger partial charge in [0.15, 0.2) is 5.78 Å². The standard InChI is InChI=1S/C12H11NO3/c1-15-10-4-2-9(3-5-10)11(14)8-12-13-6-7-16-12/h2-6,8H,7H2,1H3/b12-8-. The maximum atomic E-state index is 11.7. The van der Waals surface area contributed by atoms with Crippen LogP contribution in [-0.4, -0.2) is 25.7 Å². The van der Waals surface area contributed by atoms with E-state index in [1.165, 1.54) is 6.08 Å². The Balaban J connectivity index is 2.14. The molecule has 0 saturated heterocycles. The zero-order valence-electron chi connectivity index (χ0n) is 8.84. The van der Waals surface area contributed by atoms with E-state index < -0.39 is 0 Å². The van der Waals surface area contributed by atoms with Gasteiger partial charge in [0.05, 0.1) is 7.11 Å². The Labute approximate surface area is 93.2 Å². The van der Waals surface area contributed by atoms with E-state index in [1.54, 1.807) is 37.6 Å². The quantitative estimate of drug-likeness (QED) is 0.573. The van der Waals surface area contributed by atoms with E-state index in [2.05, 4.69) is 4.99 Å². The fourth-order valence-electron chi connectivity index (χ4n) is 1.32. The van der Waals surface area contributed by atoms with E-state index in [0.717, 1.165) is 5.75 Å². The fourth-order valence-corrected chi connectivity index (χ4v) is 1.32. The van der Waals surface area contributed by atoms with E-state index >= 15 is 0 Å². The number of allylic oxidation sites excluding steroid dienone is 1. The highest BCUT2D eigenvalue weighted by Crippen LogP contribution is 2.13. The van der Waals surface area contributed by atoms with Crippen LogP contribution in [0.15, 0.2) is 41.2 Å². The molecule has 2 rings (SSSR count). The minimum absolute atomic E-state index is 0.128. The molecule has 0 aliphatic carbocycles. The monoisotopic (exact) mass is 217 g/mol. The highest BCUT2D eigenvalue weighted by molar-refractivity contribution is 6.04. The molecule has 0 amide bonds. The van der Waals surface area contributed by atoms with Crippen LogP contribution in [0.5, 0.6) is 5.75 Å². The molecule has 1 heterocycles. The number of carbonyl (C=O) groups is 1. The first-order valence-corrected chi connectivity index (χ1v) is 4.85. The van der Waals surface area contributed by atoms with Gasteiger partial charge < -0.3 is 9.47 Å². The zero-order valence-corrected chi connectivity index (χ0v) is 8.84. The Kier molecular flexibility index (Phi) is 3.00. The van der Waals surface area contributed by atoms with Crippen molar-refractivity contribution in [2.45, 2.75) is 0 Å². The van der Waals surface area contributed by atoms with Gasteiger partial charge in [-0.3, -0.25) is 4.79 Å². The normalized spacial score (nSPS) is 16.2. The first-order chi connectivity index (χ1) is 7.79. The third kappa shape index (κ3) is 2.28. The summed E-state index contributed by atoms with van der Waals surface area (Å²) in [4.78, 5) is 15.6. The molecule has 1 aliphatic rings. The van der Waals surface area contributed by atoms with Crippen LogP contribution < -0.4 is 4.74 Å². The number of carbonyl (C=O) groups excluding carboxylic acids is 1. The maximum absolute atomic E-state index is 11.7. The van der Waals surface area contributed by atoms with Gasteiger partial charge in [-0.1, -0.05) is 0 Å². The summed E-state index contributed by atoms with van der Waals surface area (Å²) in [6.45, 7) is 0.432. The molecule has 0 unspecified atom stereocenters. The number of hydrogen-bond acceptors (Lipinski definition) is 4. The number of methoxy groups -OCH3 is 1. The average Bonchev–Trinajstić information content (AvgIpc) is 2.82. The van der Waals surface area contributed by atoms with Crippen molar-refractivity contribution in [1.29, 1.82) is 0 Å². The van der Waals surface area contributed by atoms with Gasteiger partial charge in [-0.15, -0.1) is 0 Å². The van der Waals surface area contributed by atoms with Gasteiger partial charge in [-0.05, 0) is 24.3 Å². The minimum Gasteiger partial charge on any atom is -0.497 e. The Morgan fingerprint density at radius 2 is 2.19 bits per heavy atom. The molecule has 0 aromatic heterocycles. The van der Waals surface area contributed by atoms with E-state index in [0.29, 0.717) is 18.1 Å². The lowest BCUT2D eigenvalue weighted by atomic mass is 10.1. The molecule has 0 N–H and O–H groups in total. The van der Waals surface area contributed by atoms with Crippen molar-refractivity contribution in [3.8, 4) is 5.75 Å². The van der Waals surface area contributed by atoms with Crippen molar-refractivity contribution in [2.24, 2.45) is 4.99 Å². The number of benzene rings is 1. The molecular weight excluding hydrogens is 206 g/mol. The molecule has 1 aromatic carbocycles. The highest BCUT2D eigenvalue weighted by atomic mass is 16.5. The third-order valence-electron chi connectivity index (χ3n) is 2.15. The highest BCUT2D eigenvalue weighted by Gasteiger charge is 2.07. The predicted molar refractivity (Wildman–Crippen MR) is 59.9 cm³/mol. The Morgan fingerprint density at radius 1 is 1.44 bits per heavy atom. The molecular formula is C12H11NO3. The number of ether oxygens (including phenoxy) is 2. The Hall–Kier alpha value is -2.10. The van der Waals surface area contributed by atoms with Crippen molar-refractivity contribution in [3.63, 3.8) is 0 Å². The first-order valence-electron chi connectivity index (χ1n) is 4.85. The molecule has 1 aliphatic heterocycles. The first kappa shape index (κ1) is 10.4. The smallest absolute Gasteiger partial charge is 0.217 e. The lowest BCUT2D eigenvalue weighted by molar-refractivity contribution is 0.104. The summed E-state index contributed by atoms with van der Waals surface area (Å²) >= 11 is 0. The van der Waals surface area contributed by atoms with Gasteiger partial charge in [0.25, 0.3) is 0 Å². The van der Waals surface area contributed by atoms with Crippen LogP contribution in [0, 0.1) is 0 Å². The van der Waals surface area contributed by atoms with Crippen LogP contribution in [0.2, 0.25) is 0 Å². The van der Waals surface area contributed by atoms with Crippen molar-refractivity contribution in [2.75, 3.05) is 13.7 Å². The van der Waals surface area contributed by atoms with Crippen molar-refractivity contribution < 1.29 is 14.3 Å². The molecule has 0 spiro atoms. The molecule has 4 heteroatoms. The van der Waals surface area contributed by atoms with Gasteiger partial charge >= 0.3 is 0 Å². The molecule has 0 radical (unpaired) electrons. The molecule has 82 valence electrons. The predicted octanol–water partition coefficient (Wildman–Crippen LogP) is 1.82. The molecule has 0 bridgehead atoms. The molecule has 4 nitrogen and oxygen atoms in total. The lowest BCUT2D eigenvalue weighted by Gasteiger charge is -2.00. The van der Waals surface area contributed by atoms with Crippen LogP contribution in [0.3, 0.4) is 0 Å². The molecule has 0 fully saturated rings. The van der Waals surface area contributed by atoms with Gasteiger partial charge in [0.1, 0.15) is 12.4 Å². The molecule has 1 aromatic rings. The Morgan fingerprint density at radius 3 is 2.75 bits per heavy atom. The third-order valence-corrected chi connectivity index (χ3v) is 2.15. The number of aliphatic imine (C=N–C) groups is 1. The molecule has 0 saturated carbocycles. The summed E-state index contributed by atoms with van der Waals surface area (Å²) in [7, 11) is 1.58. The van der Waals surface area contributed by atoms with Crippen molar-refractivity contribution in [3.05, 3.63) is 41.8 Å². The number of hydrogen-bond donors (Lipinski definition) is 0. The van der Waals surface area contributed by atoms with Crippen molar-refractivity contribution >= 4 is 12.0 Å². The number of rotatable bonds is 3. The summed E-state index contributed by atoms with van der Waals surface area (Å²) in [5.74, 6) is 0.955. The Bertz CT molecular complexity index is 446. The summed E-state index contributed by atoms with van der Waals surface area (Å²) in [5, 5.41) is 0. The van der Waals surface area contributed by atoms with E-state index in [9.17, 15) is 4.79 Å². The van der Waals surface area contributed by atoms with Gasteiger partial charge in [-0.25, -0.2) is 4.99 Å². The molecule has 16 heavy (non-hydrogen) atoms. The average molecular weight is 217 g/mol. The SMILES string of the molecule is COc1ccc(C(=O)/C=C2/N=CCO2)cc1. The summed E-state index contributed by atoms with van der Waals surface area (Å²) in [6, 6.07) is 6.89. The van der Waals surface area contributed by atoms with Gasteiger partial charge in [-0.2, -0.15) is 0 Å². The van der Waals surface area contributed by atoms with Crippen LogP contribution in [-0.2, 0) is 4.74 Å². The van der Waals surface area contributed by atoms with Crippen LogP contribution >= 0.6 is 0 Å². The minimum atomic E-state index is -0.128. The van der Waals surface area contributed by atoms with Crippen LogP contribution in [0.1, 0.15) is 10.4 Å². The van der Waals surface area contributed by atoms with Gasteiger partial charge in [0.2, 0.25) is 5.88 Å². The number of ketones is 1. The van der Waals surface area contributed by atoms with Gasteiger partial charge in [0, 0.05) is 17.9 Å². The van der Waals surface area contributed by atoms with Crippen LogP contribution in [0.25, 0.3) is 0 Å². The second kappa shape index (κ2) is 4.61. The molecule has 0 atom stereocenters. The summed E-state index contributed by atoms with van der Waals surface area (Å²) in [6.07, 6.45) is 3.00. The topological polar surface area (TPSA) is 47.9 Å². The lowest BCUT2D eigenvalue weighted by Crippen LogP contribution is -1.96. The van der Waals surface area contributed by atoms with Crippen molar-refractivity contribution in [1.82, 2.24) is 0 Å². The number of nitrogens with zero attached hydrogens (tertiary/aromatic N) is 1. The zero-order chi connectivity index (χ0) is 11.4. The van der Waals surface area contributed by atoms with E-state index in [4.69, 9.17) is 9.47 Å². The summed E-state index contributed by atoms with van der Waals surface area (Å²) in [5.41, 5.74) is 0.582. The largest absolute Gasteiger partial charge is 0.497 e. The van der Waals surface area contributed by atoms with E-state index in [1.807, 2.05) is 0 Å². The maximum Gasteiger partial charge on any atom is 0.217 e. The van der Waals surface area contributed by atoms with Crippen LogP contribution in [0.4, 0.5) is 0 Å². The second-order valence-corrected chi connectivity index (χ2v) is 3.20. The second-order valence-electron chi connectivity index (χ2n) is 3.20. The van der Waals surface area contributed by atoms with E-state index in [-0.39, 0.29) is 5.78 Å². The fraction of sp³-hybridized carbons (Fsp3) is 0.167. The summed E-state index contributed by atoms with van der Waals surface area (Å²) < 4.78 is 10.1.